The molecule has 0 N–H and O–H groups in total. The summed E-state index contributed by atoms with van der Waals surface area (Å²) in [6.45, 7) is 0. The molecule has 38 heavy (non-hydrogen) atoms. The molecule has 5 rings (SSSR count). The van der Waals surface area contributed by atoms with E-state index in [-0.39, 0.29) is 36.6 Å². The number of non-ortho nitro benzene ring substituents is 1. The Hall–Kier alpha value is -3.81. The van der Waals surface area contributed by atoms with E-state index in [2.05, 4.69) is 0 Å². The van der Waals surface area contributed by atoms with Crippen LogP contribution >= 0.6 is 35.3 Å². The van der Waals surface area contributed by atoms with Crippen LogP contribution in [0.25, 0.3) is 21.7 Å². The molecule has 2 aromatic heterocycles. The van der Waals surface area contributed by atoms with Crippen molar-refractivity contribution < 1.29 is 18.1 Å². The summed E-state index contributed by atoms with van der Waals surface area (Å²) in [5, 5.41) is 11.4. The fraction of sp³-hybridized carbons (Fsp3) is 0.0800. The Balaban J connectivity index is 1.69. The molecule has 0 radical (unpaired) electrons. The van der Waals surface area contributed by atoms with E-state index >= 15 is 0 Å². The molecule has 0 atom stereocenters. The van der Waals surface area contributed by atoms with Gasteiger partial charge < -0.3 is 0 Å². The number of para-hydroxylation sites is 1. The third-order valence-corrected chi connectivity index (χ3v) is 7.87. The zero-order valence-corrected chi connectivity index (χ0v) is 21.5. The van der Waals surface area contributed by atoms with Crippen LogP contribution in [-0.4, -0.2) is 19.0 Å². The van der Waals surface area contributed by atoms with Crippen molar-refractivity contribution in [2.24, 2.45) is 0 Å². The molecule has 0 aliphatic carbocycles. The quantitative estimate of drug-likeness (QED) is 0.0704. The maximum Gasteiger partial charge on any atom is 0.416 e. The number of fused-ring (bicyclic) bond motifs is 1. The molecule has 0 aliphatic heterocycles. The third kappa shape index (κ3) is 4.99. The fourth-order valence-electron chi connectivity index (χ4n) is 3.79. The Morgan fingerprint density at radius 2 is 1.68 bits per heavy atom. The summed E-state index contributed by atoms with van der Waals surface area (Å²) in [6, 6.07) is 19.5. The lowest BCUT2D eigenvalue weighted by molar-refractivity contribution is -0.384. The highest BCUT2D eigenvalue weighted by Crippen LogP contribution is 2.33. The molecule has 0 bridgehead atoms. The first-order valence-corrected chi connectivity index (χ1v) is 13.1. The number of aromatic nitrogens is 3. The van der Waals surface area contributed by atoms with Crippen molar-refractivity contribution >= 4 is 51.4 Å². The molecule has 7 nitrogen and oxygen atoms in total. The monoisotopic (exact) mass is 572 g/mol. The Morgan fingerprint density at radius 1 is 0.974 bits per heavy atom. The SMILES string of the molecule is O=c1c2sc(=S)n(-c3cccc(C(F)(F)F)c3)c2nc(SCc2cccc([N+](=O)[O-])c2)n1-c1ccccc1. The van der Waals surface area contributed by atoms with E-state index < -0.39 is 22.2 Å². The Bertz CT molecular complexity index is 1800. The number of benzene rings is 3. The zero-order valence-electron chi connectivity index (χ0n) is 19.1. The second kappa shape index (κ2) is 10.2. The zero-order chi connectivity index (χ0) is 27.0. The molecule has 0 unspecified atom stereocenters. The van der Waals surface area contributed by atoms with Crippen LogP contribution in [0.4, 0.5) is 18.9 Å². The van der Waals surface area contributed by atoms with Crippen molar-refractivity contribution in [2.45, 2.75) is 17.1 Å². The van der Waals surface area contributed by atoms with E-state index in [1.165, 1.54) is 45.2 Å². The van der Waals surface area contributed by atoms with Gasteiger partial charge in [0, 0.05) is 23.6 Å². The first kappa shape index (κ1) is 25.8. The molecule has 0 spiro atoms. The van der Waals surface area contributed by atoms with Crippen LogP contribution in [0.1, 0.15) is 11.1 Å². The number of halogens is 3. The Morgan fingerprint density at radius 3 is 2.39 bits per heavy atom. The highest BCUT2D eigenvalue weighted by Gasteiger charge is 2.31. The summed E-state index contributed by atoms with van der Waals surface area (Å²) in [6.07, 6.45) is -4.56. The molecular formula is C25H15F3N4O3S3. The lowest BCUT2D eigenvalue weighted by Crippen LogP contribution is -2.21. The molecular weight excluding hydrogens is 557 g/mol. The van der Waals surface area contributed by atoms with Gasteiger partial charge in [-0.1, -0.05) is 59.5 Å². The van der Waals surface area contributed by atoms with Crippen LogP contribution in [0, 0.1) is 14.1 Å². The van der Waals surface area contributed by atoms with Gasteiger partial charge in [0.2, 0.25) is 0 Å². The second-order valence-corrected chi connectivity index (χ2v) is 10.6. The average Bonchev–Trinajstić information content (AvgIpc) is 3.24. The van der Waals surface area contributed by atoms with Crippen molar-refractivity contribution in [3.05, 3.63) is 114 Å². The van der Waals surface area contributed by atoms with Gasteiger partial charge in [-0.15, -0.1) is 0 Å². The number of thiazole rings is 1. The van der Waals surface area contributed by atoms with Gasteiger partial charge >= 0.3 is 6.18 Å². The van der Waals surface area contributed by atoms with Crippen LogP contribution in [0.15, 0.2) is 88.8 Å². The molecule has 3 aromatic carbocycles. The lowest BCUT2D eigenvalue weighted by Gasteiger charge is -2.13. The summed E-state index contributed by atoms with van der Waals surface area (Å²) in [4.78, 5) is 29.1. The molecule has 0 saturated heterocycles. The van der Waals surface area contributed by atoms with Crippen molar-refractivity contribution in [2.75, 3.05) is 0 Å². The summed E-state index contributed by atoms with van der Waals surface area (Å²) in [7, 11) is 0. The number of rotatable bonds is 6. The number of nitro benzene ring substituents is 1. The molecule has 192 valence electrons. The smallest absolute Gasteiger partial charge is 0.275 e. The summed E-state index contributed by atoms with van der Waals surface area (Å²) < 4.78 is 43.3. The maximum atomic E-state index is 13.7. The molecule has 0 amide bonds. The summed E-state index contributed by atoms with van der Waals surface area (Å²) >= 11 is 7.59. The summed E-state index contributed by atoms with van der Waals surface area (Å²) in [5.41, 5.74) is 0.103. The highest BCUT2D eigenvalue weighted by atomic mass is 32.2. The van der Waals surface area contributed by atoms with Crippen LogP contribution in [0.2, 0.25) is 0 Å². The van der Waals surface area contributed by atoms with Gasteiger partial charge in [0.05, 0.1) is 16.2 Å². The third-order valence-electron chi connectivity index (χ3n) is 5.51. The maximum absolute atomic E-state index is 13.7. The van der Waals surface area contributed by atoms with E-state index in [0.29, 0.717) is 11.3 Å². The number of alkyl halides is 3. The molecule has 2 heterocycles. The molecule has 13 heteroatoms. The minimum atomic E-state index is -4.56. The van der Waals surface area contributed by atoms with E-state index in [1.54, 1.807) is 42.5 Å². The number of thioether (sulfide) groups is 1. The van der Waals surface area contributed by atoms with Crippen molar-refractivity contribution in [1.29, 1.82) is 0 Å². The van der Waals surface area contributed by atoms with Crippen LogP contribution in [0.5, 0.6) is 0 Å². The van der Waals surface area contributed by atoms with Gasteiger partial charge in [-0.2, -0.15) is 13.2 Å². The van der Waals surface area contributed by atoms with Crippen molar-refractivity contribution in [1.82, 2.24) is 14.1 Å². The first-order valence-electron chi connectivity index (χ1n) is 10.9. The van der Waals surface area contributed by atoms with Crippen LogP contribution < -0.4 is 5.56 Å². The standard InChI is InChI=1S/C25H15F3N4O3S3/c26-25(27,28)16-7-5-10-18(13-16)30-21-20(38-24(30)36)22(33)31(17-8-2-1-3-9-17)23(29-21)37-14-15-6-4-11-19(12-15)32(34)35/h1-13H,14H2. The van der Waals surface area contributed by atoms with Gasteiger partial charge in [0.15, 0.2) is 14.8 Å². The number of nitrogens with zero attached hydrogens (tertiary/aromatic N) is 4. The van der Waals surface area contributed by atoms with Gasteiger partial charge in [0.25, 0.3) is 11.2 Å². The van der Waals surface area contributed by atoms with Gasteiger partial charge in [0.1, 0.15) is 4.70 Å². The molecule has 0 fully saturated rings. The number of hydrogen-bond acceptors (Lipinski definition) is 7. The largest absolute Gasteiger partial charge is 0.416 e. The second-order valence-electron chi connectivity index (χ2n) is 7.99. The minimum absolute atomic E-state index is 0.0667. The van der Waals surface area contributed by atoms with Crippen LogP contribution in [-0.2, 0) is 11.9 Å². The average molecular weight is 573 g/mol. The first-order chi connectivity index (χ1) is 18.1. The lowest BCUT2D eigenvalue weighted by atomic mass is 10.2. The van der Waals surface area contributed by atoms with Crippen molar-refractivity contribution in [3.8, 4) is 11.4 Å². The normalized spacial score (nSPS) is 11.7. The predicted octanol–water partition coefficient (Wildman–Crippen LogP) is 7.19. The van der Waals surface area contributed by atoms with E-state index in [9.17, 15) is 28.1 Å². The van der Waals surface area contributed by atoms with Crippen LogP contribution in [0.3, 0.4) is 0 Å². The fourth-order valence-corrected chi connectivity index (χ4v) is 6.04. The van der Waals surface area contributed by atoms with Gasteiger partial charge in [-0.05, 0) is 48.1 Å². The van der Waals surface area contributed by atoms with E-state index in [4.69, 9.17) is 17.2 Å². The molecule has 0 aliphatic rings. The van der Waals surface area contributed by atoms with Crippen molar-refractivity contribution in [3.63, 3.8) is 0 Å². The Labute approximate surface area is 226 Å². The molecule has 0 saturated carbocycles. The number of hydrogen-bond donors (Lipinski definition) is 0. The highest BCUT2D eigenvalue weighted by molar-refractivity contribution is 7.98. The Kier molecular flexibility index (Phi) is 6.90. The number of nitro groups is 1. The minimum Gasteiger partial charge on any atom is -0.275 e. The van der Waals surface area contributed by atoms with Gasteiger partial charge in [-0.3, -0.25) is 24.0 Å². The topological polar surface area (TPSA) is 83.0 Å². The molecule has 5 aromatic rings. The van der Waals surface area contributed by atoms with E-state index in [1.807, 2.05) is 0 Å². The predicted molar refractivity (Wildman–Crippen MR) is 143 cm³/mol. The summed E-state index contributed by atoms with van der Waals surface area (Å²) in [5.74, 6) is 0.251. The van der Waals surface area contributed by atoms with E-state index in [0.717, 1.165) is 23.5 Å². The van der Waals surface area contributed by atoms with Gasteiger partial charge in [-0.25, -0.2) is 4.98 Å².